The van der Waals surface area contributed by atoms with Gasteiger partial charge in [-0.2, -0.15) is 0 Å². The van der Waals surface area contributed by atoms with Gasteiger partial charge in [-0.05, 0) is 68.2 Å². The highest BCUT2D eigenvalue weighted by Gasteiger charge is 2.38. The standard InChI is InChI=1S/C27H33N3O2/c31-26(29-17-15-21(16-18-29)27(32)28-22-9-2-1-3-10-22)19-30(23-13-14-23)25-12-6-8-20-7-4-5-11-24(20)25/h1-5,7,9-11,21,23,25H,6,8,12-19H2,(H,28,32). The highest BCUT2D eigenvalue weighted by Crippen LogP contribution is 2.40. The van der Waals surface area contributed by atoms with Crippen molar-refractivity contribution in [2.24, 2.45) is 5.92 Å². The maximum Gasteiger partial charge on any atom is 0.236 e. The van der Waals surface area contributed by atoms with Gasteiger partial charge in [0, 0.05) is 36.8 Å². The summed E-state index contributed by atoms with van der Waals surface area (Å²) in [5.74, 6) is 0.271. The Labute approximate surface area is 190 Å². The number of amides is 2. The number of benzene rings is 2. The molecule has 168 valence electrons. The second-order valence-corrected chi connectivity index (χ2v) is 9.52. The molecule has 2 aromatic rings. The average molecular weight is 432 g/mol. The van der Waals surface area contributed by atoms with Crippen LogP contribution in [-0.2, 0) is 16.0 Å². The summed E-state index contributed by atoms with van der Waals surface area (Å²) in [6.07, 6.45) is 7.36. The van der Waals surface area contributed by atoms with E-state index in [1.807, 2.05) is 35.2 Å². The van der Waals surface area contributed by atoms with Crippen molar-refractivity contribution in [1.29, 1.82) is 0 Å². The van der Waals surface area contributed by atoms with E-state index in [9.17, 15) is 9.59 Å². The molecule has 1 atom stereocenters. The smallest absolute Gasteiger partial charge is 0.236 e. The van der Waals surface area contributed by atoms with Gasteiger partial charge < -0.3 is 10.2 Å². The van der Waals surface area contributed by atoms with E-state index in [4.69, 9.17) is 0 Å². The number of rotatable bonds is 6. The highest BCUT2D eigenvalue weighted by atomic mass is 16.2. The van der Waals surface area contributed by atoms with E-state index < -0.39 is 0 Å². The van der Waals surface area contributed by atoms with E-state index in [-0.39, 0.29) is 17.7 Å². The number of para-hydroxylation sites is 1. The molecule has 2 amide bonds. The van der Waals surface area contributed by atoms with E-state index in [0.29, 0.717) is 31.7 Å². The Morgan fingerprint density at radius 2 is 1.62 bits per heavy atom. The lowest BCUT2D eigenvalue weighted by molar-refractivity contribution is -0.136. The number of fused-ring (bicyclic) bond motifs is 1. The topological polar surface area (TPSA) is 52.7 Å². The van der Waals surface area contributed by atoms with Crippen LogP contribution < -0.4 is 5.32 Å². The van der Waals surface area contributed by atoms with Crippen molar-refractivity contribution >= 4 is 17.5 Å². The summed E-state index contributed by atoms with van der Waals surface area (Å²) in [4.78, 5) is 30.3. The fraction of sp³-hybridized carbons (Fsp3) is 0.481. The number of aryl methyl sites for hydroxylation is 1. The van der Waals surface area contributed by atoms with Crippen LogP contribution in [-0.4, -0.2) is 47.3 Å². The van der Waals surface area contributed by atoms with Crippen LogP contribution in [0.5, 0.6) is 0 Å². The molecule has 1 saturated carbocycles. The number of hydrogen-bond acceptors (Lipinski definition) is 3. The number of anilines is 1. The largest absolute Gasteiger partial charge is 0.342 e. The van der Waals surface area contributed by atoms with Crippen molar-refractivity contribution in [2.75, 3.05) is 25.0 Å². The Balaban J connectivity index is 1.18. The van der Waals surface area contributed by atoms with Gasteiger partial charge in [-0.25, -0.2) is 0 Å². The molecule has 0 aromatic heterocycles. The van der Waals surface area contributed by atoms with Gasteiger partial charge in [0.25, 0.3) is 0 Å². The summed E-state index contributed by atoms with van der Waals surface area (Å²) >= 11 is 0. The zero-order valence-corrected chi connectivity index (χ0v) is 18.7. The first-order valence-electron chi connectivity index (χ1n) is 12.2. The predicted octanol–water partition coefficient (Wildman–Crippen LogP) is 4.41. The fourth-order valence-electron chi connectivity index (χ4n) is 5.39. The van der Waals surface area contributed by atoms with Crippen LogP contribution in [0.1, 0.15) is 55.7 Å². The third kappa shape index (κ3) is 4.73. The van der Waals surface area contributed by atoms with Crippen molar-refractivity contribution in [3.05, 3.63) is 65.7 Å². The molecule has 5 rings (SSSR count). The molecular weight excluding hydrogens is 398 g/mol. The molecule has 5 heteroatoms. The Morgan fingerprint density at radius 1 is 0.906 bits per heavy atom. The Kier molecular flexibility index (Phi) is 6.26. The lowest BCUT2D eigenvalue weighted by Gasteiger charge is -2.38. The third-order valence-corrected chi connectivity index (χ3v) is 7.33. The predicted molar refractivity (Wildman–Crippen MR) is 126 cm³/mol. The molecule has 1 heterocycles. The van der Waals surface area contributed by atoms with Gasteiger partial charge in [-0.3, -0.25) is 14.5 Å². The molecule has 1 saturated heterocycles. The number of piperidine rings is 1. The number of hydrogen-bond donors (Lipinski definition) is 1. The summed E-state index contributed by atoms with van der Waals surface area (Å²) in [6, 6.07) is 19.3. The molecule has 2 aliphatic carbocycles. The molecule has 0 bridgehead atoms. The zero-order valence-electron chi connectivity index (χ0n) is 18.7. The van der Waals surface area contributed by atoms with Crippen LogP contribution >= 0.6 is 0 Å². The minimum Gasteiger partial charge on any atom is -0.342 e. The monoisotopic (exact) mass is 431 g/mol. The minimum absolute atomic E-state index is 0.0241. The first kappa shape index (κ1) is 21.2. The van der Waals surface area contributed by atoms with Gasteiger partial charge in [-0.1, -0.05) is 42.5 Å². The zero-order chi connectivity index (χ0) is 21.9. The maximum atomic E-state index is 13.2. The molecule has 0 radical (unpaired) electrons. The number of carbonyl (C=O) groups is 2. The van der Waals surface area contributed by atoms with E-state index in [1.54, 1.807) is 0 Å². The normalized spacial score (nSPS) is 21.3. The molecule has 2 aromatic carbocycles. The molecule has 1 unspecified atom stereocenters. The molecule has 1 aliphatic heterocycles. The second-order valence-electron chi connectivity index (χ2n) is 9.52. The Bertz CT molecular complexity index is 948. The van der Waals surface area contributed by atoms with Crippen molar-refractivity contribution in [2.45, 2.75) is 57.0 Å². The molecule has 3 aliphatic rings. The Morgan fingerprint density at radius 3 is 2.38 bits per heavy atom. The van der Waals surface area contributed by atoms with Crippen LogP contribution in [0.4, 0.5) is 5.69 Å². The van der Waals surface area contributed by atoms with E-state index in [1.165, 1.54) is 30.4 Å². The summed E-state index contributed by atoms with van der Waals surface area (Å²) in [6.45, 7) is 1.85. The van der Waals surface area contributed by atoms with E-state index >= 15 is 0 Å². The lowest BCUT2D eigenvalue weighted by Crippen LogP contribution is -2.47. The van der Waals surface area contributed by atoms with Gasteiger partial charge in [0.15, 0.2) is 0 Å². The molecule has 2 fully saturated rings. The molecule has 5 nitrogen and oxygen atoms in total. The molecule has 32 heavy (non-hydrogen) atoms. The number of carbonyl (C=O) groups excluding carboxylic acids is 2. The lowest BCUT2D eigenvalue weighted by atomic mass is 9.86. The van der Waals surface area contributed by atoms with Crippen LogP contribution in [0.3, 0.4) is 0 Å². The summed E-state index contributed by atoms with van der Waals surface area (Å²) < 4.78 is 0. The molecular formula is C27H33N3O2. The van der Waals surface area contributed by atoms with Crippen molar-refractivity contribution in [3.63, 3.8) is 0 Å². The number of nitrogens with zero attached hydrogens (tertiary/aromatic N) is 2. The highest BCUT2D eigenvalue weighted by molar-refractivity contribution is 5.92. The van der Waals surface area contributed by atoms with Crippen molar-refractivity contribution < 1.29 is 9.59 Å². The van der Waals surface area contributed by atoms with Gasteiger partial charge in [-0.15, -0.1) is 0 Å². The maximum absolute atomic E-state index is 13.2. The third-order valence-electron chi connectivity index (χ3n) is 7.33. The summed E-state index contributed by atoms with van der Waals surface area (Å²) in [5, 5.41) is 3.01. The van der Waals surface area contributed by atoms with Crippen LogP contribution in [0, 0.1) is 5.92 Å². The summed E-state index contributed by atoms with van der Waals surface area (Å²) in [7, 11) is 0. The van der Waals surface area contributed by atoms with Crippen molar-refractivity contribution in [1.82, 2.24) is 9.80 Å². The quantitative estimate of drug-likeness (QED) is 0.737. The first-order valence-corrected chi connectivity index (χ1v) is 12.2. The SMILES string of the molecule is O=C(Nc1ccccc1)C1CCN(C(=O)CN(C2CC2)C2CCCc3ccccc32)CC1. The van der Waals surface area contributed by atoms with E-state index in [2.05, 4.69) is 34.5 Å². The molecule has 1 N–H and O–H groups in total. The van der Waals surface area contributed by atoms with Crippen molar-refractivity contribution in [3.8, 4) is 0 Å². The second kappa shape index (κ2) is 9.45. The van der Waals surface area contributed by atoms with Gasteiger partial charge in [0.05, 0.1) is 6.54 Å². The number of nitrogens with one attached hydrogen (secondary N) is 1. The van der Waals surface area contributed by atoms with Crippen LogP contribution in [0.25, 0.3) is 0 Å². The average Bonchev–Trinajstić information content (AvgIpc) is 3.68. The van der Waals surface area contributed by atoms with Gasteiger partial charge in [0.1, 0.15) is 0 Å². The van der Waals surface area contributed by atoms with Gasteiger partial charge in [0.2, 0.25) is 11.8 Å². The number of likely N-dealkylation sites (tertiary alicyclic amines) is 1. The Hall–Kier alpha value is -2.66. The van der Waals surface area contributed by atoms with Crippen LogP contribution in [0.2, 0.25) is 0 Å². The van der Waals surface area contributed by atoms with Gasteiger partial charge >= 0.3 is 0 Å². The fourth-order valence-corrected chi connectivity index (χ4v) is 5.39. The molecule has 0 spiro atoms. The van der Waals surface area contributed by atoms with E-state index in [0.717, 1.165) is 31.4 Å². The first-order chi connectivity index (χ1) is 15.7. The minimum atomic E-state index is -0.0241. The van der Waals surface area contributed by atoms with Crippen LogP contribution in [0.15, 0.2) is 54.6 Å². The summed E-state index contributed by atoms with van der Waals surface area (Å²) in [5.41, 5.74) is 3.71.